The van der Waals surface area contributed by atoms with E-state index in [1.54, 1.807) is 0 Å². The molecule has 0 aliphatic rings. The van der Waals surface area contributed by atoms with Crippen molar-refractivity contribution in [1.82, 2.24) is 0 Å². The number of rotatable bonds is 0. The molecule has 0 aliphatic carbocycles. The molecule has 70 valence electrons. The minimum atomic E-state index is 0. The molecule has 0 aliphatic heterocycles. The second kappa shape index (κ2) is 4.86. The van der Waals surface area contributed by atoms with E-state index in [9.17, 15) is 0 Å². The van der Waals surface area contributed by atoms with Crippen LogP contribution < -0.4 is 0 Å². The smallest absolute Gasteiger partial charge is 0.0392 e. The van der Waals surface area contributed by atoms with Crippen molar-refractivity contribution >= 4 is 0 Å². The summed E-state index contributed by atoms with van der Waals surface area (Å²) in [5, 5.41) is 0. The normalized spacial score (nSPS) is 8.33. The molecule has 0 radical (unpaired) electrons. The summed E-state index contributed by atoms with van der Waals surface area (Å²) in [7, 11) is 0. The van der Waals surface area contributed by atoms with Gasteiger partial charge in [-0.05, 0) is 49.9 Å². The van der Waals surface area contributed by atoms with Crippen molar-refractivity contribution < 1.29 is 9.41 Å². The van der Waals surface area contributed by atoms with Crippen LogP contribution in [0.4, 0.5) is 9.41 Å². The van der Waals surface area contributed by atoms with Crippen molar-refractivity contribution in [3.05, 3.63) is 34.4 Å². The Morgan fingerprint density at radius 2 is 0.917 bits per heavy atom. The van der Waals surface area contributed by atoms with E-state index in [0.717, 1.165) is 0 Å². The second-order valence-electron chi connectivity index (χ2n) is 2.95. The lowest BCUT2D eigenvalue weighted by Gasteiger charge is -2.06. The van der Waals surface area contributed by atoms with Gasteiger partial charge in [0, 0.05) is 0 Å². The third-order valence-electron chi connectivity index (χ3n) is 2.33. The summed E-state index contributed by atoms with van der Waals surface area (Å²) in [5.74, 6) is 0. The van der Waals surface area contributed by atoms with Gasteiger partial charge in [0.2, 0.25) is 0 Å². The lowest BCUT2D eigenvalue weighted by molar-refractivity contribution is 1.11. The number of hydrogen-bond donors (Lipinski definition) is 0. The van der Waals surface area contributed by atoms with Crippen LogP contribution in [0.25, 0.3) is 0 Å². The number of benzene rings is 1. The molecule has 0 aromatic heterocycles. The minimum Gasteiger partial charge on any atom is -0.269 e. The summed E-state index contributed by atoms with van der Waals surface area (Å²) in [5.41, 5.74) is 5.64. The van der Waals surface area contributed by atoms with Crippen LogP contribution in [-0.2, 0) is 0 Å². The van der Waals surface area contributed by atoms with Crippen LogP contribution in [0, 0.1) is 27.7 Å². The van der Waals surface area contributed by atoms with E-state index >= 15 is 0 Å². The third kappa shape index (κ3) is 2.29. The topological polar surface area (TPSA) is 0 Å². The first kappa shape index (κ1) is 13.7. The van der Waals surface area contributed by atoms with E-state index in [1.165, 1.54) is 22.3 Å². The number of aryl methyl sites for hydroxylation is 2. The highest BCUT2D eigenvalue weighted by Gasteiger charge is 1.97. The monoisotopic (exact) mass is 174 g/mol. The molecule has 1 aromatic rings. The molecular weight excluding hydrogens is 158 g/mol. The second-order valence-corrected chi connectivity index (χ2v) is 2.95. The van der Waals surface area contributed by atoms with Gasteiger partial charge in [0.15, 0.2) is 0 Å². The van der Waals surface area contributed by atoms with Crippen LogP contribution in [0.1, 0.15) is 22.3 Å². The molecule has 0 amide bonds. The first-order valence-corrected chi connectivity index (χ1v) is 3.66. The predicted molar refractivity (Wildman–Crippen MR) is 50.4 cm³/mol. The highest BCUT2D eigenvalue weighted by molar-refractivity contribution is 5.37. The van der Waals surface area contributed by atoms with E-state index in [-0.39, 0.29) is 9.41 Å². The van der Waals surface area contributed by atoms with E-state index in [0.29, 0.717) is 0 Å². The Bertz CT molecular complexity index is 227. The molecule has 0 nitrogen and oxygen atoms in total. The predicted octanol–water partition coefficient (Wildman–Crippen LogP) is 3.23. The summed E-state index contributed by atoms with van der Waals surface area (Å²) >= 11 is 0. The Morgan fingerprint density at radius 1 is 0.667 bits per heavy atom. The Balaban J connectivity index is 0. The maximum atomic E-state index is 2.18. The molecule has 0 bridgehead atoms. The highest BCUT2D eigenvalue weighted by atomic mass is 19.0. The van der Waals surface area contributed by atoms with Gasteiger partial charge in [-0.2, -0.15) is 0 Å². The van der Waals surface area contributed by atoms with Crippen LogP contribution >= 0.6 is 0 Å². The number of hydrogen-bond acceptors (Lipinski definition) is 0. The van der Waals surface area contributed by atoms with E-state index < -0.39 is 0 Å². The minimum absolute atomic E-state index is 0. The molecule has 1 aromatic carbocycles. The van der Waals surface area contributed by atoms with E-state index in [4.69, 9.17) is 0 Å². The van der Waals surface area contributed by atoms with Gasteiger partial charge in [0.1, 0.15) is 0 Å². The average Bonchev–Trinajstić information content (AvgIpc) is 1.93. The zero-order valence-electron chi connectivity index (χ0n) is 7.97. The maximum absolute atomic E-state index is 2.18. The van der Waals surface area contributed by atoms with Gasteiger partial charge >= 0.3 is 0 Å². The van der Waals surface area contributed by atoms with Crippen LogP contribution in [0.2, 0.25) is 0 Å². The lowest BCUT2D eigenvalue weighted by atomic mass is 10.0. The molecular formula is C10H16F2. The fourth-order valence-electron chi connectivity index (χ4n) is 1.09. The molecule has 0 spiro atoms. The molecule has 2 heteroatoms. The fourth-order valence-corrected chi connectivity index (χ4v) is 1.09. The van der Waals surface area contributed by atoms with Crippen molar-refractivity contribution in [2.45, 2.75) is 27.7 Å². The summed E-state index contributed by atoms with van der Waals surface area (Å²) in [6.45, 7) is 8.67. The number of halogens is 2. The van der Waals surface area contributed by atoms with Gasteiger partial charge in [-0.3, -0.25) is 9.41 Å². The lowest BCUT2D eigenvalue weighted by Crippen LogP contribution is -1.88. The molecule has 0 N–H and O–H groups in total. The van der Waals surface area contributed by atoms with Gasteiger partial charge in [-0.1, -0.05) is 12.1 Å². The Hall–Kier alpha value is -0.920. The van der Waals surface area contributed by atoms with Crippen molar-refractivity contribution in [1.29, 1.82) is 0 Å². The van der Waals surface area contributed by atoms with Crippen molar-refractivity contribution in [2.24, 2.45) is 0 Å². The van der Waals surface area contributed by atoms with Gasteiger partial charge in [0.25, 0.3) is 0 Å². The summed E-state index contributed by atoms with van der Waals surface area (Å²) in [4.78, 5) is 0. The SMILES string of the molecule is Cc1ccc(C)c(C)c1C.F.F. The Labute approximate surface area is 72.3 Å². The Kier molecular flexibility index (Phi) is 5.53. The Morgan fingerprint density at radius 3 is 1.17 bits per heavy atom. The average molecular weight is 174 g/mol. The fraction of sp³-hybridized carbons (Fsp3) is 0.400. The quantitative estimate of drug-likeness (QED) is 0.566. The first-order chi connectivity index (χ1) is 4.63. The zero-order valence-corrected chi connectivity index (χ0v) is 7.97. The van der Waals surface area contributed by atoms with E-state index in [2.05, 4.69) is 39.8 Å². The van der Waals surface area contributed by atoms with Crippen molar-refractivity contribution in [3.8, 4) is 0 Å². The summed E-state index contributed by atoms with van der Waals surface area (Å²) in [6.07, 6.45) is 0. The largest absolute Gasteiger partial charge is 0.269 e. The van der Waals surface area contributed by atoms with Crippen LogP contribution in [-0.4, -0.2) is 0 Å². The van der Waals surface area contributed by atoms with Gasteiger partial charge in [-0.25, -0.2) is 0 Å². The maximum Gasteiger partial charge on any atom is -0.0392 e. The molecule has 0 atom stereocenters. The summed E-state index contributed by atoms with van der Waals surface area (Å²) in [6, 6.07) is 4.36. The molecule has 0 unspecified atom stereocenters. The molecule has 0 saturated heterocycles. The van der Waals surface area contributed by atoms with Crippen LogP contribution in [0.3, 0.4) is 0 Å². The molecule has 12 heavy (non-hydrogen) atoms. The molecule has 0 heterocycles. The zero-order chi connectivity index (χ0) is 7.72. The molecule has 0 fully saturated rings. The van der Waals surface area contributed by atoms with Gasteiger partial charge in [-0.15, -0.1) is 0 Å². The van der Waals surface area contributed by atoms with Crippen LogP contribution in [0.5, 0.6) is 0 Å². The van der Waals surface area contributed by atoms with E-state index in [1.807, 2.05) is 0 Å². The standard InChI is InChI=1S/C10H14.2FH/c1-7-5-6-8(2)10(4)9(7)3;;/h5-6H,1-4H3;2*1H. The van der Waals surface area contributed by atoms with Crippen LogP contribution in [0.15, 0.2) is 12.1 Å². The van der Waals surface area contributed by atoms with Crippen molar-refractivity contribution in [2.75, 3.05) is 0 Å². The van der Waals surface area contributed by atoms with Gasteiger partial charge in [0.05, 0.1) is 0 Å². The third-order valence-corrected chi connectivity index (χ3v) is 2.33. The molecule has 1 rings (SSSR count). The highest BCUT2D eigenvalue weighted by Crippen LogP contribution is 2.15. The van der Waals surface area contributed by atoms with Crippen molar-refractivity contribution in [3.63, 3.8) is 0 Å². The first-order valence-electron chi connectivity index (χ1n) is 3.66. The van der Waals surface area contributed by atoms with Gasteiger partial charge < -0.3 is 0 Å². The molecule has 0 saturated carbocycles. The summed E-state index contributed by atoms with van der Waals surface area (Å²) < 4.78 is 0.